The molecule has 0 bridgehead atoms. The molecule has 0 saturated carbocycles. The molecule has 1 atom stereocenters. The number of carbonyl (C=O) groups excluding carboxylic acids is 1. The van der Waals surface area contributed by atoms with Gasteiger partial charge in [0.25, 0.3) is 0 Å². The molecule has 1 fully saturated rings. The van der Waals surface area contributed by atoms with Crippen molar-refractivity contribution in [3.8, 4) is 11.5 Å². The Morgan fingerprint density at radius 2 is 2.12 bits per heavy atom. The van der Waals surface area contributed by atoms with Crippen molar-refractivity contribution in [2.75, 3.05) is 20.3 Å². The highest BCUT2D eigenvalue weighted by molar-refractivity contribution is 5.82. The number of nitrogens with one attached hydrogen (secondary N) is 2. The first-order valence-corrected chi connectivity index (χ1v) is 8.37. The zero-order valence-corrected chi connectivity index (χ0v) is 14.4. The first-order valence-electron chi connectivity index (χ1n) is 8.37. The Balaban J connectivity index is 1.93. The van der Waals surface area contributed by atoms with Gasteiger partial charge in [-0.05, 0) is 31.9 Å². The van der Waals surface area contributed by atoms with Gasteiger partial charge in [0.2, 0.25) is 5.91 Å². The summed E-state index contributed by atoms with van der Waals surface area (Å²) in [6, 6.07) is 2.18. The molecule has 1 heterocycles. The van der Waals surface area contributed by atoms with E-state index < -0.39 is 18.4 Å². The van der Waals surface area contributed by atoms with Crippen molar-refractivity contribution in [3.05, 3.63) is 23.5 Å². The van der Waals surface area contributed by atoms with E-state index in [1.165, 1.54) is 13.2 Å². The fourth-order valence-corrected chi connectivity index (χ4v) is 2.68. The van der Waals surface area contributed by atoms with Crippen LogP contribution in [-0.4, -0.2) is 38.4 Å². The molecule has 1 aromatic carbocycles. The van der Waals surface area contributed by atoms with Crippen LogP contribution in [0.1, 0.15) is 31.2 Å². The molecule has 1 unspecified atom stereocenters. The first kappa shape index (κ1) is 20.3. The van der Waals surface area contributed by atoms with E-state index in [4.69, 9.17) is 9.47 Å². The summed E-state index contributed by atoms with van der Waals surface area (Å²) < 4.78 is 60.7. The van der Waals surface area contributed by atoms with E-state index in [1.54, 1.807) is 0 Å². The van der Waals surface area contributed by atoms with Gasteiger partial charge in [-0.25, -0.2) is 4.39 Å². The summed E-state index contributed by atoms with van der Waals surface area (Å²) in [5.74, 6) is -0.785. The van der Waals surface area contributed by atoms with E-state index in [1.807, 2.05) is 0 Å². The Bertz CT molecular complexity index is 617. The lowest BCUT2D eigenvalue weighted by Gasteiger charge is -2.15. The Hall–Kier alpha value is -2.03. The second-order valence-electron chi connectivity index (χ2n) is 6.03. The molecule has 0 aliphatic carbocycles. The second-order valence-corrected chi connectivity index (χ2v) is 6.03. The molecule has 1 aliphatic rings. The quantitative estimate of drug-likeness (QED) is 0.540. The van der Waals surface area contributed by atoms with Crippen molar-refractivity contribution in [2.24, 2.45) is 0 Å². The minimum Gasteiger partial charge on any atom is -0.496 e. The lowest BCUT2D eigenvalue weighted by molar-refractivity contribution is -0.136. The Kier molecular flexibility index (Phi) is 7.07. The van der Waals surface area contributed by atoms with E-state index in [9.17, 15) is 22.4 Å². The summed E-state index contributed by atoms with van der Waals surface area (Å²) in [5.41, 5.74) is 0.416. The average Bonchev–Trinajstić information content (AvgIpc) is 3.11. The highest BCUT2D eigenvalue weighted by atomic mass is 19.4. The number of rotatable bonds is 8. The third-order valence-electron chi connectivity index (χ3n) is 4.03. The standard InChI is InChI=1S/C17H22F4N2O3/c1-25-14-9-15(26-7-3-5-17(19,20)21)12(18)8-11(14)10-23-16(24)13-4-2-6-22-13/h8-9,13,22H,2-7,10H2,1H3,(H,23,24). The maximum atomic E-state index is 14.1. The van der Waals surface area contributed by atoms with Gasteiger partial charge in [0, 0.05) is 24.6 Å². The molecule has 5 nitrogen and oxygen atoms in total. The van der Waals surface area contributed by atoms with Gasteiger partial charge in [-0.15, -0.1) is 0 Å². The Morgan fingerprint density at radius 3 is 2.73 bits per heavy atom. The van der Waals surface area contributed by atoms with E-state index in [-0.39, 0.29) is 43.0 Å². The molecule has 1 amide bonds. The predicted octanol–water partition coefficient (Wildman–Crippen LogP) is 2.92. The molecule has 2 rings (SSSR count). The van der Waals surface area contributed by atoms with Crippen LogP contribution in [0.15, 0.2) is 12.1 Å². The number of carbonyl (C=O) groups is 1. The van der Waals surface area contributed by atoms with Crippen LogP contribution in [0.2, 0.25) is 0 Å². The lowest BCUT2D eigenvalue weighted by Crippen LogP contribution is -2.40. The summed E-state index contributed by atoms with van der Waals surface area (Å²) in [4.78, 5) is 12.0. The van der Waals surface area contributed by atoms with E-state index in [0.717, 1.165) is 25.5 Å². The summed E-state index contributed by atoms with van der Waals surface area (Å²) in [7, 11) is 1.38. The monoisotopic (exact) mass is 378 g/mol. The van der Waals surface area contributed by atoms with Crippen LogP contribution in [0.25, 0.3) is 0 Å². The number of hydrogen-bond acceptors (Lipinski definition) is 4. The number of methoxy groups -OCH3 is 1. The molecule has 26 heavy (non-hydrogen) atoms. The number of alkyl halides is 3. The van der Waals surface area contributed by atoms with Crippen LogP contribution < -0.4 is 20.1 Å². The fourth-order valence-electron chi connectivity index (χ4n) is 2.68. The molecule has 0 spiro atoms. The highest BCUT2D eigenvalue weighted by Gasteiger charge is 2.26. The van der Waals surface area contributed by atoms with E-state index in [2.05, 4.69) is 10.6 Å². The van der Waals surface area contributed by atoms with Crippen LogP contribution in [0, 0.1) is 5.82 Å². The largest absolute Gasteiger partial charge is 0.496 e. The van der Waals surface area contributed by atoms with Crippen molar-refractivity contribution in [1.29, 1.82) is 0 Å². The summed E-state index contributed by atoms with van der Waals surface area (Å²) in [5, 5.41) is 5.78. The van der Waals surface area contributed by atoms with Crippen molar-refractivity contribution >= 4 is 5.91 Å². The normalized spacial score (nSPS) is 17.2. The van der Waals surface area contributed by atoms with Gasteiger partial charge in [-0.2, -0.15) is 13.2 Å². The van der Waals surface area contributed by atoms with Gasteiger partial charge in [0.05, 0.1) is 19.8 Å². The maximum Gasteiger partial charge on any atom is 0.389 e. The van der Waals surface area contributed by atoms with Crippen LogP contribution >= 0.6 is 0 Å². The van der Waals surface area contributed by atoms with Gasteiger partial charge < -0.3 is 20.1 Å². The SMILES string of the molecule is COc1cc(OCCCC(F)(F)F)c(F)cc1CNC(=O)C1CCCN1. The molecule has 1 aromatic rings. The maximum absolute atomic E-state index is 14.1. The zero-order valence-electron chi connectivity index (χ0n) is 14.4. The molecule has 146 valence electrons. The molecule has 9 heteroatoms. The molecule has 0 radical (unpaired) electrons. The third-order valence-corrected chi connectivity index (χ3v) is 4.03. The molecule has 0 aromatic heterocycles. The van der Waals surface area contributed by atoms with Crippen LogP contribution in [0.3, 0.4) is 0 Å². The zero-order chi connectivity index (χ0) is 19.2. The number of halogens is 4. The smallest absolute Gasteiger partial charge is 0.389 e. The van der Waals surface area contributed by atoms with Crippen molar-refractivity contribution in [2.45, 2.75) is 44.4 Å². The van der Waals surface area contributed by atoms with Gasteiger partial charge >= 0.3 is 6.18 Å². The number of benzene rings is 1. The number of ether oxygens (including phenoxy) is 2. The van der Waals surface area contributed by atoms with Gasteiger partial charge in [-0.3, -0.25) is 4.79 Å². The summed E-state index contributed by atoms with van der Waals surface area (Å²) >= 11 is 0. The molecule has 1 saturated heterocycles. The summed E-state index contributed by atoms with van der Waals surface area (Å²) in [6.45, 7) is 0.602. The second kappa shape index (κ2) is 9.07. The minimum atomic E-state index is -4.27. The third kappa shape index (κ3) is 6.05. The first-order chi connectivity index (χ1) is 12.3. The predicted molar refractivity (Wildman–Crippen MR) is 86.6 cm³/mol. The van der Waals surface area contributed by atoms with E-state index >= 15 is 0 Å². The van der Waals surface area contributed by atoms with Gasteiger partial charge in [0.1, 0.15) is 5.75 Å². The van der Waals surface area contributed by atoms with Gasteiger partial charge in [-0.1, -0.05) is 0 Å². The van der Waals surface area contributed by atoms with Gasteiger partial charge in [0.15, 0.2) is 11.6 Å². The van der Waals surface area contributed by atoms with Crippen molar-refractivity contribution in [3.63, 3.8) is 0 Å². The molecular weight excluding hydrogens is 356 g/mol. The minimum absolute atomic E-state index is 0.0749. The Morgan fingerprint density at radius 1 is 1.35 bits per heavy atom. The average molecular weight is 378 g/mol. The number of hydrogen-bond donors (Lipinski definition) is 2. The van der Waals surface area contributed by atoms with Crippen LogP contribution in [0.4, 0.5) is 17.6 Å². The van der Waals surface area contributed by atoms with Crippen LogP contribution in [-0.2, 0) is 11.3 Å². The Labute approximate surface area is 149 Å². The van der Waals surface area contributed by atoms with Crippen molar-refractivity contribution < 1.29 is 31.8 Å². The summed E-state index contributed by atoms with van der Waals surface area (Å²) in [6.07, 6.45) is -3.85. The molecular formula is C17H22F4N2O3. The van der Waals surface area contributed by atoms with Crippen molar-refractivity contribution in [1.82, 2.24) is 10.6 Å². The molecule has 1 aliphatic heterocycles. The fraction of sp³-hybridized carbons (Fsp3) is 0.588. The van der Waals surface area contributed by atoms with Crippen LogP contribution in [0.5, 0.6) is 11.5 Å². The van der Waals surface area contributed by atoms with E-state index in [0.29, 0.717) is 5.56 Å². The topological polar surface area (TPSA) is 59.6 Å². The molecule has 2 N–H and O–H groups in total. The lowest BCUT2D eigenvalue weighted by atomic mass is 10.1. The highest BCUT2D eigenvalue weighted by Crippen LogP contribution is 2.29. The number of amides is 1.